The van der Waals surface area contributed by atoms with Crippen molar-refractivity contribution >= 4 is 18.3 Å². The van der Waals surface area contributed by atoms with E-state index in [4.69, 9.17) is 9.84 Å². The van der Waals surface area contributed by atoms with Crippen molar-refractivity contribution in [2.75, 3.05) is 0 Å². The fraction of sp³-hybridized carbons (Fsp3) is 0.786. The van der Waals surface area contributed by atoms with Crippen LogP contribution < -0.4 is 5.32 Å². The van der Waals surface area contributed by atoms with Gasteiger partial charge in [-0.2, -0.15) is 0 Å². The summed E-state index contributed by atoms with van der Waals surface area (Å²) in [7, 11) is 0. The molecule has 0 aromatic rings. The molecule has 0 bridgehead atoms. The molecule has 0 fully saturated rings. The first-order valence-electron chi connectivity index (χ1n) is 6.87. The van der Waals surface area contributed by atoms with Crippen LogP contribution in [0.25, 0.3) is 0 Å². The number of carbonyl (C=O) groups excluding carboxylic acids is 2. The lowest BCUT2D eigenvalue weighted by molar-refractivity contribution is -0.144. The maximum Gasteiger partial charge on any atom is 0.407 e. The summed E-state index contributed by atoms with van der Waals surface area (Å²) in [6, 6.07) is -0.604. The molecule has 0 aliphatic carbocycles. The second-order valence-corrected chi connectivity index (χ2v) is 5.74. The Labute approximate surface area is 119 Å². The van der Waals surface area contributed by atoms with Gasteiger partial charge in [0.25, 0.3) is 0 Å². The van der Waals surface area contributed by atoms with Gasteiger partial charge in [-0.1, -0.05) is 19.8 Å². The molecule has 0 aliphatic heterocycles. The van der Waals surface area contributed by atoms with Crippen LogP contribution in [0.2, 0.25) is 0 Å². The van der Waals surface area contributed by atoms with Crippen molar-refractivity contribution in [3.63, 3.8) is 0 Å². The Morgan fingerprint density at radius 2 is 1.95 bits per heavy atom. The number of ether oxygens (including phenoxy) is 1. The van der Waals surface area contributed by atoms with E-state index in [1.165, 1.54) is 0 Å². The number of amides is 1. The molecule has 6 nitrogen and oxygen atoms in total. The van der Waals surface area contributed by atoms with Crippen LogP contribution in [0.5, 0.6) is 0 Å². The van der Waals surface area contributed by atoms with Crippen LogP contribution in [0.15, 0.2) is 0 Å². The summed E-state index contributed by atoms with van der Waals surface area (Å²) in [6.45, 7) is 7.16. The van der Waals surface area contributed by atoms with E-state index in [0.717, 1.165) is 12.8 Å². The largest absolute Gasteiger partial charge is 0.481 e. The van der Waals surface area contributed by atoms with E-state index in [1.54, 1.807) is 20.8 Å². The van der Waals surface area contributed by atoms with Gasteiger partial charge in [-0.25, -0.2) is 4.79 Å². The van der Waals surface area contributed by atoms with Gasteiger partial charge in [-0.3, -0.25) is 4.79 Å². The molecule has 0 aromatic heterocycles. The molecule has 1 unspecified atom stereocenters. The van der Waals surface area contributed by atoms with Crippen LogP contribution in [-0.2, 0) is 14.3 Å². The fourth-order valence-electron chi connectivity index (χ4n) is 1.80. The molecule has 0 aromatic carbocycles. The molecule has 2 atom stereocenters. The predicted molar refractivity (Wildman–Crippen MR) is 74.5 cm³/mol. The van der Waals surface area contributed by atoms with Crippen LogP contribution in [0.1, 0.15) is 53.4 Å². The first-order valence-corrected chi connectivity index (χ1v) is 6.87. The van der Waals surface area contributed by atoms with E-state index in [0.29, 0.717) is 12.7 Å². The van der Waals surface area contributed by atoms with Crippen LogP contribution in [0.4, 0.5) is 4.79 Å². The maximum absolute atomic E-state index is 11.7. The first kappa shape index (κ1) is 18.4. The summed E-state index contributed by atoms with van der Waals surface area (Å²) < 4.78 is 5.12. The highest BCUT2D eigenvalue weighted by atomic mass is 16.6. The van der Waals surface area contributed by atoms with Gasteiger partial charge >= 0.3 is 12.1 Å². The number of rotatable bonds is 8. The monoisotopic (exact) mass is 287 g/mol. The normalized spacial score (nSPS) is 14.2. The molecular formula is C14H25NO5. The summed E-state index contributed by atoms with van der Waals surface area (Å²) in [5, 5.41) is 11.7. The highest BCUT2D eigenvalue weighted by Crippen LogP contribution is 2.16. The number of carboxylic acid groups (broad SMARTS) is 1. The molecule has 0 saturated heterocycles. The van der Waals surface area contributed by atoms with Gasteiger partial charge in [0, 0.05) is 12.5 Å². The number of aliphatic carboxylic acids is 1. The van der Waals surface area contributed by atoms with Crippen molar-refractivity contribution < 1.29 is 24.2 Å². The third-order valence-electron chi connectivity index (χ3n) is 2.72. The van der Waals surface area contributed by atoms with E-state index >= 15 is 0 Å². The Morgan fingerprint density at radius 3 is 2.35 bits per heavy atom. The third-order valence-corrected chi connectivity index (χ3v) is 2.72. The molecule has 1 amide bonds. The summed E-state index contributed by atoms with van der Waals surface area (Å²) in [6.07, 6.45) is 1.92. The number of carboxylic acids is 1. The van der Waals surface area contributed by atoms with E-state index in [-0.39, 0.29) is 6.42 Å². The number of hydrogen-bond acceptors (Lipinski definition) is 4. The summed E-state index contributed by atoms with van der Waals surface area (Å²) in [4.78, 5) is 33.6. The molecule has 6 heteroatoms. The molecule has 0 rings (SSSR count). The summed E-state index contributed by atoms with van der Waals surface area (Å²) >= 11 is 0. The second kappa shape index (κ2) is 8.55. The number of aldehydes is 1. The summed E-state index contributed by atoms with van der Waals surface area (Å²) in [5.74, 6) is -2.01. The maximum atomic E-state index is 11.7. The van der Waals surface area contributed by atoms with Crippen molar-refractivity contribution in [2.24, 2.45) is 5.92 Å². The predicted octanol–water partition coefficient (Wildman–Crippen LogP) is 2.36. The average molecular weight is 287 g/mol. The summed E-state index contributed by atoms with van der Waals surface area (Å²) in [5.41, 5.74) is -0.650. The zero-order chi connectivity index (χ0) is 15.8. The Kier molecular flexibility index (Phi) is 7.87. The molecule has 0 aliphatic rings. The van der Waals surface area contributed by atoms with Gasteiger partial charge in [0.1, 0.15) is 11.9 Å². The lowest BCUT2D eigenvalue weighted by Crippen LogP contribution is -2.45. The first-order chi connectivity index (χ1) is 9.21. The van der Waals surface area contributed by atoms with Gasteiger partial charge in [-0.15, -0.1) is 0 Å². The van der Waals surface area contributed by atoms with E-state index in [9.17, 15) is 14.4 Å². The van der Waals surface area contributed by atoms with Crippen LogP contribution >= 0.6 is 0 Å². The Balaban J connectivity index is 4.80. The molecule has 2 N–H and O–H groups in total. The zero-order valence-electron chi connectivity index (χ0n) is 12.6. The Bertz CT molecular complexity index is 335. The highest BCUT2D eigenvalue weighted by Gasteiger charge is 2.30. The van der Waals surface area contributed by atoms with Crippen molar-refractivity contribution in [2.45, 2.75) is 65.0 Å². The number of unbranched alkanes of at least 4 members (excludes halogenated alkanes) is 1. The van der Waals surface area contributed by atoms with Crippen molar-refractivity contribution in [3.8, 4) is 0 Å². The Morgan fingerprint density at radius 1 is 1.35 bits per heavy atom. The zero-order valence-corrected chi connectivity index (χ0v) is 12.6. The van der Waals surface area contributed by atoms with Crippen molar-refractivity contribution in [3.05, 3.63) is 0 Å². The second-order valence-electron chi connectivity index (χ2n) is 5.74. The standard InChI is InChI=1S/C14H25NO5/c1-5-6-7-11(10(8-9-16)12(17)18)15-13(19)20-14(2,3)4/h9-11H,5-8H2,1-4H3,(H,15,19)(H,17,18)/t10?,11-/m0/s1. The van der Waals surface area contributed by atoms with Crippen molar-refractivity contribution in [1.82, 2.24) is 5.32 Å². The quantitative estimate of drug-likeness (QED) is 0.668. The molecule has 20 heavy (non-hydrogen) atoms. The van der Waals surface area contributed by atoms with E-state index < -0.39 is 29.6 Å². The van der Waals surface area contributed by atoms with Gasteiger partial charge in [0.05, 0.1) is 5.92 Å². The van der Waals surface area contributed by atoms with Crippen LogP contribution in [-0.4, -0.2) is 35.1 Å². The third kappa shape index (κ3) is 7.76. The van der Waals surface area contributed by atoms with Gasteiger partial charge < -0.3 is 20.0 Å². The fourth-order valence-corrected chi connectivity index (χ4v) is 1.80. The number of nitrogens with one attached hydrogen (secondary N) is 1. The molecule has 0 radical (unpaired) electrons. The molecule has 116 valence electrons. The van der Waals surface area contributed by atoms with Gasteiger partial charge in [0.2, 0.25) is 0 Å². The lowest BCUT2D eigenvalue weighted by Gasteiger charge is -2.26. The van der Waals surface area contributed by atoms with Crippen molar-refractivity contribution in [1.29, 1.82) is 0 Å². The number of hydrogen-bond donors (Lipinski definition) is 2. The molecule has 0 spiro atoms. The van der Waals surface area contributed by atoms with Gasteiger partial charge in [0.15, 0.2) is 0 Å². The number of alkyl carbamates (subject to hydrolysis) is 1. The SMILES string of the molecule is CCCC[C@H](NC(=O)OC(C)(C)C)C(CC=O)C(=O)O. The number of carbonyl (C=O) groups is 3. The minimum absolute atomic E-state index is 0.125. The van der Waals surface area contributed by atoms with E-state index in [2.05, 4.69) is 5.32 Å². The lowest BCUT2D eigenvalue weighted by atomic mass is 9.92. The minimum atomic E-state index is -1.09. The molecule has 0 heterocycles. The minimum Gasteiger partial charge on any atom is -0.481 e. The average Bonchev–Trinajstić information content (AvgIpc) is 2.29. The van der Waals surface area contributed by atoms with E-state index in [1.807, 2.05) is 6.92 Å². The highest BCUT2D eigenvalue weighted by molar-refractivity contribution is 5.76. The molecular weight excluding hydrogens is 262 g/mol. The topological polar surface area (TPSA) is 92.7 Å². The smallest absolute Gasteiger partial charge is 0.407 e. The van der Waals surface area contributed by atoms with Crippen LogP contribution in [0, 0.1) is 5.92 Å². The van der Waals surface area contributed by atoms with Crippen LogP contribution in [0.3, 0.4) is 0 Å². The van der Waals surface area contributed by atoms with Gasteiger partial charge in [-0.05, 0) is 27.2 Å². The Hall–Kier alpha value is -1.59. The molecule has 0 saturated carbocycles.